The summed E-state index contributed by atoms with van der Waals surface area (Å²) in [6.45, 7) is 0. The molecule has 1 aliphatic carbocycles. The van der Waals surface area contributed by atoms with Gasteiger partial charge >= 0.3 is 8.80 Å². The molecule has 1 saturated carbocycles. The molecule has 0 aromatic heterocycles. The van der Waals surface area contributed by atoms with Crippen molar-refractivity contribution >= 4 is 8.80 Å². The Hall–Kier alpha value is 0.0969. The van der Waals surface area contributed by atoms with Crippen LogP contribution in [0.2, 0.25) is 6.04 Å². The Balaban J connectivity index is 1.84. The van der Waals surface area contributed by atoms with Gasteiger partial charge in [-0.3, -0.25) is 0 Å². The third-order valence-corrected chi connectivity index (χ3v) is 7.20. The Morgan fingerprint density at radius 3 is 2.35 bits per heavy atom. The van der Waals surface area contributed by atoms with Gasteiger partial charge in [-0.25, -0.2) is 0 Å². The van der Waals surface area contributed by atoms with Gasteiger partial charge in [-0.1, -0.05) is 32.1 Å². The minimum Gasteiger partial charge on any atom is -0.377 e. The molecule has 2 fully saturated rings. The van der Waals surface area contributed by atoms with Crippen molar-refractivity contribution in [2.45, 2.75) is 63.5 Å². The highest BCUT2D eigenvalue weighted by Gasteiger charge is 2.44. The zero-order valence-corrected chi connectivity index (χ0v) is 12.2. The molecule has 0 spiro atoms. The normalized spacial score (nSPS) is 30.4. The van der Waals surface area contributed by atoms with Gasteiger partial charge < -0.3 is 13.3 Å². The van der Waals surface area contributed by atoms with E-state index in [4.69, 9.17) is 13.3 Å². The monoisotopic (exact) mass is 258 g/mol. The van der Waals surface area contributed by atoms with Crippen LogP contribution in [0.4, 0.5) is 0 Å². The van der Waals surface area contributed by atoms with E-state index in [2.05, 4.69) is 0 Å². The molecule has 4 heteroatoms. The second kappa shape index (κ2) is 6.32. The van der Waals surface area contributed by atoms with Crippen LogP contribution in [-0.4, -0.2) is 29.1 Å². The lowest BCUT2D eigenvalue weighted by Crippen LogP contribution is -2.49. The lowest BCUT2D eigenvalue weighted by Gasteiger charge is -2.37. The van der Waals surface area contributed by atoms with Gasteiger partial charge in [-0.2, -0.15) is 0 Å². The smallest absolute Gasteiger partial charge is 0.377 e. The molecule has 1 heterocycles. The van der Waals surface area contributed by atoms with E-state index in [1.807, 2.05) is 0 Å². The summed E-state index contributed by atoms with van der Waals surface area (Å²) >= 11 is 0. The van der Waals surface area contributed by atoms with Crippen LogP contribution in [0.1, 0.15) is 51.4 Å². The average Bonchev–Trinajstić information content (AvgIpc) is 2.40. The Morgan fingerprint density at radius 2 is 1.71 bits per heavy atom. The van der Waals surface area contributed by atoms with Crippen LogP contribution in [0.5, 0.6) is 0 Å². The van der Waals surface area contributed by atoms with E-state index in [1.165, 1.54) is 51.4 Å². The first-order valence-corrected chi connectivity index (χ1v) is 8.99. The van der Waals surface area contributed by atoms with Crippen LogP contribution < -0.4 is 0 Å². The van der Waals surface area contributed by atoms with Gasteiger partial charge in [0, 0.05) is 26.4 Å². The predicted molar refractivity (Wildman–Crippen MR) is 69.9 cm³/mol. The Labute approximate surface area is 106 Å². The zero-order chi connectivity index (χ0) is 12.1. The van der Waals surface area contributed by atoms with Crippen LogP contribution >= 0.6 is 0 Å². The van der Waals surface area contributed by atoms with Crippen molar-refractivity contribution in [3.05, 3.63) is 0 Å². The first-order valence-electron chi connectivity index (χ1n) is 7.06. The van der Waals surface area contributed by atoms with E-state index in [0.29, 0.717) is 6.10 Å². The van der Waals surface area contributed by atoms with Crippen molar-refractivity contribution in [1.29, 1.82) is 0 Å². The van der Waals surface area contributed by atoms with E-state index < -0.39 is 8.80 Å². The summed E-state index contributed by atoms with van der Waals surface area (Å²) in [5.74, 6) is 0.882. The van der Waals surface area contributed by atoms with Crippen molar-refractivity contribution in [2.75, 3.05) is 14.2 Å². The molecule has 2 aliphatic rings. The molecule has 0 radical (unpaired) electrons. The fourth-order valence-corrected chi connectivity index (χ4v) is 5.51. The molecule has 100 valence electrons. The molecule has 3 nitrogen and oxygen atoms in total. The SMILES string of the molecule is CO[Si]1(OC)CCCC(CC2CCCCC2)O1. The minimum atomic E-state index is -2.28. The molecule has 1 atom stereocenters. The molecule has 0 amide bonds. The predicted octanol–water partition coefficient (Wildman–Crippen LogP) is 3.37. The van der Waals surface area contributed by atoms with Crippen molar-refractivity contribution < 1.29 is 13.3 Å². The number of hydrogen-bond acceptors (Lipinski definition) is 3. The van der Waals surface area contributed by atoms with Crippen LogP contribution in [0, 0.1) is 5.92 Å². The first kappa shape index (κ1) is 13.5. The molecule has 0 bridgehead atoms. The third kappa shape index (κ3) is 3.53. The zero-order valence-electron chi connectivity index (χ0n) is 11.2. The summed E-state index contributed by atoms with van der Waals surface area (Å²) in [5.41, 5.74) is 0. The lowest BCUT2D eigenvalue weighted by atomic mass is 9.85. The lowest BCUT2D eigenvalue weighted by molar-refractivity contribution is 0.0198. The van der Waals surface area contributed by atoms with Gasteiger partial charge in [0.2, 0.25) is 0 Å². The summed E-state index contributed by atoms with van der Waals surface area (Å²) in [7, 11) is 1.19. The van der Waals surface area contributed by atoms with Gasteiger partial charge in [0.1, 0.15) is 0 Å². The van der Waals surface area contributed by atoms with Crippen molar-refractivity contribution in [2.24, 2.45) is 5.92 Å². The van der Waals surface area contributed by atoms with Crippen LogP contribution in [-0.2, 0) is 13.3 Å². The van der Waals surface area contributed by atoms with E-state index in [0.717, 1.165) is 12.0 Å². The van der Waals surface area contributed by atoms with Gasteiger partial charge in [0.15, 0.2) is 0 Å². The van der Waals surface area contributed by atoms with Crippen molar-refractivity contribution in [3.8, 4) is 0 Å². The topological polar surface area (TPSA) is 27.7 Å². The van der Waals surface area contributed by atoms with E-state index in [9.17, 15) is 0 Å². The fraction of sp³-hybridized carbons (Fsp3) is 1.00. The second-order valence-corrected chi connectivity index (χ2v) is 8.38. The van der Waals surface area contributed by atoms with Gasteiger partial charge in [0.05, 0.1) is 0 Å². The largest absolute Gasteiger partial charge is 0.500 e. The van der Waals surface area contributed by atoms with Crippen LogP contribution in [0.3, 0.4) is 0 Å². The Bertz CT molecular complexity index is 225. The van der Waals surface area contributed by atoms with E-state index in [-0.39, 0.29) is 0 Å². The maximum absolute atomic E-state index is 6.17. The number of hydrogen-bond donors (Lipinski definition) is 0. The molecule has 1 unspecified atom stereocenters. The van der Waals surface area contributed by atoms with E-state index in [1.54, 1.807) is 14.2 Å². The molecule has 0 aromatic rings. The van der Waals surface area contributed by atoms with Crippen molar-refractivity contribution in [3.63, 3.8) is 0 Å². The first-order chi connectivity index (χ1) is 8.28. The molecule has 1 saturated heterocycles. The highest BCUT2D eigenvalue weighted by molar-refractivity contribution is 6.60. The Kier molecular flexibility index (Phi) is 5.03. The third-order valence-electron chi connectivity index (χ3n) is 4.30. The van der Waals surface area contributed by atoms with Crippen molar-refractivity contribution in [1.82, 2.24) is 0 Å². The Morgan fingerprint density at radius 1 is 1.00 bits per heavy atom. The summed E-state index contributed by atoms with van der Waals surface area (Å²) in [4.78, 5) is 0. The summed E-state index contributed by atoms with van der Waals surface area (Å²) in [5, 5.41) is 0. The molecular formula is C13H26O3Si. The van der Waals surface area contributed by atoms with Gasteiger partial charge in [-0.05, 0) is 25.2 Å². The highest BCUT2D eigenvalue weighted by atomic mass is 28.4. The summed E-state index contributed by atoms with van der Waals surface area (Å²) in [6.07, 6.45) is 11.0. The quantitative estimate of drug-likeness (QED) is 0.724. The molecule has 17 heavy (non-hydrogen) atoms. The molecule has 0 aromatic carbocycles. The molecule has 1 aliphatic heterocycles. The maximum atomic E-state index is 6.17. The minimum absolute atomic E-state index is 0.387. The van der Waals surface area contributed by atoms with Crippen LogP contribution in [0.15, 0.2) is 0 Å². The molecule has 2 rings (SSSR count). The summed E-state index contributed by atoms with van der Waals surface area (Å²) in [6, 6.07) is 0.987. The van der Waals surface area contributed by atoms with E-state index >= 15 is 0 Å². The average molecular weight is 258 g/mol. The van der Waals surface area contributed by atoms with Gasteiger partial charge in [0.25, 0.3) is 0 Å². The summed E-state index contributed by atoms with van der Waals surface area (Å²) < 4.78 is 17.3. The molecule has 0 N–H and O–H groups in total. The van der Waals surface area contributed by atoms with Crippen LogP contribution in [0.25, 0.3) is 0 Å². The van der Waals surface area contributed by atoms with Gasteiger partial charge in [-0.15, -0.1) is 0 Å². The fourth-order valence-electron chi connectivity index (χ4n) is 3.26. The number of rotatable bonds is 4. The standard InChI is InChI=1S/C13H26O3Si/c1-14-17(15-2)10-6-9-13(16-17)11-12-7-4-3-5-8-12/h12-13H,3-11H2,1-2H3. The molecular weight excluding hydrogens is 232 g/mol. The highest BCUT2D eigenvalue weighted by Crippen LogP contribution is 2.34. The maximum Gasteiger partial charge on any atom is 0.500 e. The second-order valence-electron chi connectivity index (χ2n) is 5.46.